The number of rotatable bonds is 13. The van der Waals surface area contributed by atoms with Crippen molar-refractivity contribution in [3.05, 3.63) is 95.1 Å². The molecule has 2 amide bonds. The quantitative estimate of drug-likeness (QED) is 0.335. The van der Waals surface area contributed by atoms with E-state index in [0.29, 0.717) is 25.3 Å². The van der Waals surface area contributed by atoms with Crippen molar-refractivity contribution in [1.29, 1.82) is 0 Å². The van der Waals surface area contributed by atoms with Gasteiger partial charge in [-0.2, -0.15) is 0 Å². The van der Waals surface area contributed by atoms with Crippen LogP contribution >= 0.6 is 0 Å². The Bertz CT molecular complexity index is 1340. The summed E-state index contributed by atoms with van der Waals surface area (Å²) in [7, 11) is -1.95. The second-order valence-electron chi connectivity index (χ2n) is 9.39. The molecular formula is C30H37N3O5S. The summed E-state index contributed by atoms with van der Waals surface area (Å²) in [4.78, 5) is 28.3. The lowest BCUT2D eigenvalue weighted by Crippen LogP contribution is -2.47. The van der Waals surface area contributed by atoms with Crippen molar-refractivity contribution in [3.8, 4) is 5.75 Å². The maximum absolute atomic E-state index is 13.4. The first kappa shape index (κ1) is 29.9. The van der Waals surface area contributed by atoms with Crippen LogP contribution in [0.15, 0.2) is 77.7 Å². The standard InChI is InChI=1S/C30H37N3O5S/c1-5-32-39(36,37)28-17-12-24(13-18-28)14-19-29(34)33(21-26-10-15-27(38-4)16-11-26)23(3)30(35)31-20-25-8-6-22(2)7-9-25/h6-13,15-18,23,32H,5,14,19-21H2,1-4H3,(H,31,35)/t23-/m0/s1. The van der Waals surface area contributed by atoms with Crippen LogP contribution in [-0.2, 0) is 39.1 Å². The molecule has 0 fully saturated rings. The van der Waals surface area contributed by atoms with E-state index >= 15 is 0 Å². The SMILES string of the molecule is CCNS(=O)(=O)c1ccc(CCC(=O)N(Cc2ccc(OC)cc2)[C@@H](C)C(=O)NCc2ccc(C)cc2)cc1. The van der Waals surface area contributed by atoms with E-state index in [9.17, 15) is 18.0 Å². The zero-order chi connectivity index (χ0) is 28.4. The molecule has 0 bridgehead atoms. The van der Waals surface area contributed by atoms with E-state index in [-0.39, 0.29) is 29.7 Å². The van der Waals surface area contributed by atoms with E-state index in [1.165, 1.54) is 12.1 Å². The van der Waals surface area contributed by atoms with Gasteiger partial charge in [0.2, 0.25) is 21.8 Å². The van der Waals surface area contributed by atoms with Gasteiger partial charge in [-0.05, 0) is 61.2 Å². The molecule has 3 rings (SSSR count). The first-order valence-corrected chi connectivity index (χ1v) is 14.5. The topological polar surface area (TPSA) is 105 Å². The van der Waals surface area contributed by atoms with Crippen LogP contribution in [0.5, 0.6) is 5.75 Å². The van der Waals surface area contributed by atoms with Crippen molar-refractivity contribution in [2.45, 2.75) is 57.6 Å². The smallest absolute Gasteiger partial charge is 0.242 e. The lowest BCUT2D eigenvalue weighted by molar-refractivity contribution is -0.140. The summed E-state index contributed by atoms with van der Waals surface area (Å²) in [6.07, 6.45) is 0.586. The van der Waals surface area contributed by atoms with E-state index in [4.69, 9.17) is 4.74 Å². The number of aryl methyl sites for hydroxylation is 2. The summed E-state index contributed by atoms with van der Waals surface area (Å²) < 4.78 is 32.1. The van der Waals surface area contributed by atoms with Crippen LogP contribution in [0.1, 0.15) is 42.5 Å². The molecule has 0 aliphatic carbocycles. The van der Waals surface area contributed by atoms with Gasteiger partial charge in [-0.15, -0.1) is 0 Å². The minimum absolute atomic E-state index is 0.172. The zero-order valence-corrected chi connectivity index (χ0v) is 23.8. The molecule has 3 aromatic carbocycles. The molecule has 3 aromatic rings. The molecule has 9 heteroatoms. The van der Waals surface area contributed by atoms with Crippen molar-refractivity contribution in [2.24, 2.45) is 0 Å². The molecule has 0 radical (unpaired) electrons. The Balaban J connectivity index is 1.70. The van der Waals surface area contributed by atoms with Crippen LogP contribution in [-0.4, -0.2) is 44.8 Å². The van der Waals surface area contributed by atoms with Crippen LogP contribution in [0.4, 0.5) is 0 Å². The van der Waals surface area contributed by atoms with Crippen molar-refractivity contribution < 1.29 is 22.7 Å². The Morgan fingerprint density at radius 3 is 2.08 bits per heavy atom. The average Bonchev–Trinajstić information content (AvgIpc) is 2.94. The normalized spacial score (nSPS) is 12.0. The van der Waals surface area contributed by atoms with Gasteiger partial charge in [0.1, 0.15) is 11.8 Å². The Hall–Kier alpha value is -3.69. The van der Waals surface area contributed by atoms with Crippen LogP contribution in [0.3, 0.4) is 0 Å². The highest BCUT2D eigenvalue weighted by atomic mass is 32.2. The number of methoxy groups -OCH3 is 1. The largest absolute Gasteiger partial charge is 0.497 e. The van der Waals surface area contributed by atoms with Crippen LogP contribution in [0.2, 0.25) is 0 Å². The molecule has 2 N–H and O–H groups in total. The summed E-state index contributed by atoms with van der Waals surface area (Å²) in [5.74, 6) is 0.295. The fourth-order valence-corrected chi connectivity index (χ4v) is 5.10. The summed E-state index contributed by atoms with van der Waals surface area (Å²) in [6.45, 7) is 6.40. The molecule has 0 saturated carbocycles. The molecule has 0 aliphatic heterocycles. The number of carbonyl (C=O) groups excluding carboxylic acids is 2. The maximum Gasteiger partial charge on any atom is 0.242 e. The van der Waals surface area contributed by atoms with Crippen LogP contribution in [0.25, 0.3) is 0 Å². The molecule has 0 saturated heterocycles. The zero-order valence-electron chi connectivity index (χ0n) is 22.9. The molecule has 0 aromatic heterocycles. The van der Waals surface area contributed by atoms with Gasteiger partial charge in [-0.1, -0.05) is 61.0 Å². The highest BCUT2D eigenvalue weighted by Crippen LogP contribution is 2.17. The third-order valence-corrected chi connectivity index (χ3v) is 8.02. The van der Waals surface area contributed by atoms with E-state index in [1.807, 2.05) is 55.5 Å². The van der Waals surface area contributed by atoms with E-state index in [1.54, 1.807) is 38.0 Å². The predicted octanol–water partition coefficient (Wildman–Crippen LogP) is 3.97. The number of nitrogens with one attached hydrogen (secondary N) is 2. The van der Waals surface area contributed by atoms with Gasteiger partial charge in [0.15, 0.2) is 0 Å². The number of nitrogens with zero attached hydrogens (tertiary/aromatic N) is 1. The molecular weight excluding hydrogens is 514 g/mol. The van der Waals surface area contributed by atoms with Crippen LogP contribution < -0.4 is 14.8 Å². The Morgan fingerprint density at radius 2 is 1.49 bits per heavy atom. The molecule has 0 heterocycles. The number of sulfonamides is 1. The average molecular weight is 552 g/mol. The second-order valence-corrected chi connectivity index (χ2v) is 11.2. The van der Waals surface area contributed by atoms with Gasteiger partial charge >= 0.3 is 0 Å². The molecule has 8 nitrogen and oxygen atoms in total. The lowest BCUT2D eigenvalue weighted by Gasteiger charge is -2.29. The van der Waals surface area contributed by atoms with E-state index < -0.39 is 16.1 Å². The van der Waals surface area contributed by atoms with Gasteiger partial charge in [-0.25, -0.2) is 13.1 Å². The minimum atomic E-state index is -3.54. The summed E-state index contributed by atoms with van der Waals surface area (Å²) in [5.41, 5.74) is 3.83. The Morgan fingerprint density at radius 1 is 0.897 bits per heavy atom. The highest BCUT2D eigenvalue weighted by Gasteiger charge is 2.26. The van der Waals surface area contributed by atoms with Crippen LogP contribution in [0, 0.1) is 6.92 Å². The van der Waals surface area contributed by atoms with E-state index in [2.05, 4.69) is 10.0 Å². The van der Waals surface area contributed by atoms with Crippen molar-refractivity contribution in [3.63, 3.8) is 0 Å². The molecule has 1 atom stereocenters. The molecule has 0 aliphatic rings. The number of hydrogen-bond acceptors (Lipinski definition) is 5. The maximum atomic E-state index is 13.4. The predicted molar refractivity (Wildman–Crippen MR) is 152 cm³/mol. The molecule has 0 unspecified atom stereocenters. The third-order valence-electron chi connectivity index (χ3n) is 6.46. The molecule has 39 heavy (non-hydrogen) atoms. The first-order chi connectivity index (χ1) is 18.6. The van der Waals surface area contributed by atoms with Crippen molar-refractivity contribution >= 4 is 21.8 Å². The molecule has 208 valence electrons. The fourth-order valence-electron chi connectivity index (χ4n) is 4.06. The van der Waals surface area contributed by atoms with E-state index in [0.717, 1.165) is 22.3 Å². The lowest BCUT2D eigenvalue weighted by atomic mass is 10.1. The van der Waals surface area contributed by atoms with Gasteiger partial charge in [0.25, 0.3) is 0 Å². The summed E-state index contributed by atoms with van der Waals surface area (Å²) in [5, 5.41) is 2.95. The Kier molecular flexibility index (Phi) is 10.7. The number of ether oxygens (including phenoxy) is 1. The summed E-state index contributed by atoms with van der Waals surface area (Å²) in [6, 6.07) is 21.1. The monoisotopic (exact) mass is 551 g/mol. The third kappa shape index (κ3) is 8.66. The fraction of sp³-hybridized carbons (Fsp3) is 0.333. The number of amides is 2. The van der Waals surface area contributed by atoms with Gasteiger partial charge in [-0.3, -0.25) is 9.59 Å². The van der Waals surface area contributed by atoms with Crippen molar-refractivity contribution in [1.82, 2.24) is 14.9 Å². The first-order valence-electron chi connectivity index (χ1n) is 13.0. The Labute approximate surface area is 231 Å². The minimum Gasteiger partial charge on any atom is -0.497 e. The number of benzene rings is 3. The van der Waals surface area contributed by atoms with Gasteiger partial charge in [0, 0.05) is 26.1 Å². The second kappa shape index (κ2) is 13.9. The van der Waals surface area contributed by atoms with Gasteiger partial charge in [0.05, 0.1) is 12.0 Å². The highest BCUT2D eigenvalue weighted by molar-refractivity contribution is 7.89. The number of carbonyl (C=O) groups is 2. The summed E-state index contributed by atoms with van der Waals surface area (Å²) >= 11 is 0. The molecule has 0 spiro atoms. The van der Waals surface area contributed by atoms with Gasteiger partial charge < -0.3 is 15.0 Å². The number of hydrogen-bond donors (Lipinski definition) is 2. The van der Waals surface area contributed by atoms with Crippen molar-refractivity contribution in [2.75, 3.05) is 13.7 Å².